The Bertz CT molecular complexity index is 623. The summed E-state index contributed by atoms with van der Waals surface area (Å²) in [6.45, 7) is 6.84. The molecule has 0 aliphatic rings. The molecule has 0 saturated heterocycles. The molecular formula is C16H23N5O. The number of hydrogen-bond acceptors (Lipinski definition) is 3. The van der Waals surface area contributed by atoms with E-state index in [0.29, 0.717) is 0 Å². The molecule has 2 rings (SSSR count). The van der Waals surface area contributed by atoms with Gasteiger partial charge in [-0.15, -0.1) is 0 Å². The van der Waals surface area contributed by atoms with Crippen LogP contribution in [0.1, 0.15) is 44.6 Å². The lowest BCUT2D eigenvalue weighted by Crippen LogP contribution is -2.33. The highest BCUT2D eigenvalue weighted by atomic mass is 16.2. The number of anilines is 1. The second kappa shape index (κ2) is 7.59. The normalized spacial score (nSPS) is 12.0. The first kappa shape index (κ1) is 16.0. The summed E-state index contributed by atoms with van der Waals surface area (Å²) < 4.78 is 1.82. The Morgan fingerprint density at radius 1 is 1.32 bits per heavy atom. The number of para-hydroxylation sites is 1. The molecule has 2 aromatic rings. The van der Waals surface area contributed by atoms with Crippen LogP contribution in [0.15, 0.2) is 30.6 Å². The number of rotatable bonds is 6. The quantitative estimate of drug-likeness (QED) is 0.861. The minimum absolute atomic E-state index is 0.206. The van der Waals surface area contributed by atoms with Gasteiger partial charge >= 0.3 is 6.03 Å². The van der Waals surface area contributed by atoms with E-state index in [1.54, 1.807) is 0 Å². The van der Waals surface area contributed by atoms with Gasteiger partial charge in [0.2, 0.25) is 0 Å². The average Bonchev–Trinajstić information content (AvgIpc) is 2.96. The van der Waals surface area contributed by atoms with Gasteiger partial charge in [0, 0.05) is 12.2 Å². The first-order chi connectivity index (χ1) is 10.7. The van der Waals surface area contributed by atoms with E-state index in [9.17, 15) is 4.79 Å². The molecule has 1 aromatic heterocycles. The van der Waals surface area contributed by atoms with E-state index >= 15 is 0 Å². The number of nitrogens with one attached hydrogen (secondary N) is 2. The zero-order valence-corrected chi connectivity index (χ0v) is 13.3. The van der Waals surface area contributed by atoms with Gasteiger partial charge in [-0.05, 0) is 31.4 Å². The van der Waals surface area contributed by atoms with Crippen molar-refractivity contribution in [2.45, 2.75) is 46.2 Å². The van der Waals surface area contributed by atoms with Gasteiger partial charge < -0.3 is 10.6 Å². The van der Waals surface area contributed by atoms with Gasteiger partial charge in [-0.2, -0.15) is 5.10 Å². The summed E-state index contributed by atoms with van der Waals surface area (Å²) in [5.41, 5.74) is 1.95. The van der Waals surface area contributed by atoms with Crippen LogP contribution >= 0.6 is 0 Å². The summed E-state index contributed by atoms with van der Waals surface area (Å²) in [4.78, 5) is 16.4. The summed E-state index contributed by atoms with van der Waals surface area (Å²) in [7, 11) is 0. The van der Waals surface area contributed by atoms with Gasteiger partial charge in [-0.1, -0.05) is 32.0 Å². The van der Waals surface area contributed by atoms with E-state index in [1.807, 2.05) is 35.9 Å². The second-order valence-electron chi connectivity index (χ2n) is 5.17. The fourth-order valence-corrected chi connectivity index (χ4v) is 2.36. The smallest absolute Gasteiger partial charge is 0.319 e. The van der Waals surface area contributed by atoms with Crippen molar-refractivity contribution in [1.82, 2.24) is 20.1 Å². The maximum Gasteiger partial charge on any atom is 0.319 e. The number of carbonyl (C=O) groups excluding carboxylic acids is 1. The lowest BCUT2D eigenvalue weighted by molar-refractivity contribution is 0.248. The topological polar surface area (TPSA) is 71.8 Å². The van der Waals surface area contributed by atoms with Gasteiger partial charge in [0.15, 0.2) is 0 Å². The number of nitrogens with zero attached hydrogens (tertiary/aromatic N) is 3. The van der Waals surface area contributed by atoms with Gasteiger partial charge in [0.05, 0.1) is 6.04 Å². The maximum absolute atomic E-state index is 12.2. The van der Waals surface area contributed by atoms with E-state index in [0.717, 1.165) is 36.5 Å². The molecule has 0 aliphatic carbocycles. The number of carbonyl (C=O) groups is 1. The van der Waals surface area contributed by atoms with Crippen LogP contribution < -0.4 is 10.6 Å². The Kier molecular flexibility index (Phi) is 5.52. The Balaban J connectivity index is 2.00. The highest BCUT2D eigenvalue weighted by molar-refractivity contribution is 5.90. The van der Waals surface area contributed by atoms with Crippen molar-refractivity contribution < 1.29 is 4.79 Å². The van der Waals surface area contributed by atoms with Crippen LogP contribution in [0.5, 0.6) is 0 Å². The van der Waals surface area contributed by atoms with Crippen LogP contribution in [0, 0.1) is 0 Å². The molecule has 1 atom stereocenters. The van der Waals surface area contributed by atoms with E-state index in [1.165, 1.54) is 6.33 Å². The molecule has 0 bridgehead atoms. The third-order valence-electron chi connectivity index (χ3n) is 3.46. The third-order valence-corrected chi connectivity index (χ3v) is 3.46. The molecule has 1 heterocycles. The van der Waals surface area contributed by atoms with Crippen LogP contribution in [0.2, 0.25) is 0 Å². The molecule has 2 amide bonds. The van der Waals surface area contributed by atoms with Crippen LogP contribution in [-0.2, 0) is 13.0 Å². The zero-order chi connectivity index (χ0) is 15.9. The van der Waals surface area contributed by atoms with E-state index in [-0.39, 0.29) is 12.1 Å². The minimum Gasteiger partial charge on any atom is -0.328 e. The van der Waals surface area contributed by atoms with Gasteiger partial charge in [0.25, 0.3) is 0 Å². The van der Waals surface area contributed by atoms with Crippen molar-refractivity contribution in [1.29, 1.82) is 0 Å². The zero-order valence-electron chi connectivity index (χ0n) is 13.3. The fourth-order valence-electron chi connectivity index (χ4n) is 2.36. The molecule has 0 saturated carbocycles. The van der Waals surface area contributed by atoms with E-state index in [2.05, 4.69) is 34.6 Å². The molecule has 6 heteroatoms. The first-order valence-electron chi connectivity index (χ1n) is 7.68. The molecule has 1 aromatic carbocycles. The maximum atomic E-state index is 12.2. The lowest BCUT2D eigenvalue weighted by Gasteiger charge is -2.16. The molecule has 118 valence electrons. The van der Waals surface area contributed by atoms with Crippen molar-refractivity contribution in [2.75, 3.05) is 5.32 Å². The molecule has 2 N–H and O–H groups in total. The average molecular weight is 301 g/mol. The van der Waals surface area contributed by atoms with Gasteiger partial charge in [-0.25, -0.2) is 14.5 Å². The number of hydrogen-bond donors (Lipinski definition) is 2. The number of aryl methyl sites for hydroxylation is 2. The summed E-state index contributed by atoms with van der Waals surface area (Å²) in [5.74, 6) is 0.765. The Labute approximate surface area is 130 Å². The van der Waals surface area contributed by atoms with E-state index < -0.39 is 0 Å². The molecule has 22 heavy (non-hydrogen) atoms. The summed E-state index contributed by atoms with van der Waals surface area (Å²) in [6.07, 6.45) is 3.36. The summed E-state index contributed by atoms with van der Waals surface area (Å²) in [5, 5.41) is 9.99. The van der Waals surface area contributed by atoms with Gasteiger partial charge in [0.1, 0.15) is 12.2 Å². The number of amides is 2. The van der Waals surface area contributed by atoms with E-state index in [4.69, 9.17) is 0 Å². The Morgan fingerprint density at radius 2 is 2.09 bits per heavy atom. The second-order valence-corrected chi connectivity index (χ2v) is 5.17. The van der Waals surface area contributed by atoms with Crippen LogP contribution in [0.4, 0.5) is 10.5 Å². The number of aromatic nitrogens is 3. The van der Waals surface area contributed by atoms with Crippen molar-refractivity contribution in [3.63, 3.8) is 0 Å². The Morgan fingerprint density at radius 3 is 2.82 bits per heavy atom. The summed E-state index contributed by atoms with van der Waals surface area (Å²) in [6, 6.07) is 7.36. The van der Waals surface area contributed by atoms with Gasteiger partial charge in [-0.3, -0.25) is 0 Å². The van der Waals surface area contributed by atoms with Crippen LogP contribution in [0.3, 0.4) is 0 Å². The largest absolute Gasteiger partial charge is 0.328 e. The minimum atomic E-state index is -0.237. The number of benzene rings is 1. The Hall–Kier alpha value is -2.37. The molecule has 0 aliphatic heterocycles. The van der Waals surface area contributed by atoms with Crippen LogP contribution in [0.25, 0.3) is 0 Å². The molecule has 0 radical (unpaired) electrons. The summed E-state index contributed by atoms with van der Waals surface area (Å²) >= 11 is 0. The highest BCUT2D eigenvalue weighted by Gasteiger charge is 2.15. The number of urea groups is 1. The van der Waals surface area contributed by atoms with Crippen molar-refractivity contribution in [3.05, 3.63) is 42.0 Å². The highest BCUT2D eigenvalue weighted by Crippen LogP contribution is 2.16. The van der Waals surface area contributed by atoms with Crippen molar-refractivity contribution >= 4 is 11.7 Å². The standard InChI is InChI=1S/C16H23N5O/c1-4-10-21-15(17-11-18-21)12(3)19-16(22)20-14-9-7-6-8-13(14)5-2/h6-9,11-12H,4-5,10H2,1-3H3,(H2,19,20,22). The van der Waals surface area contributed by atoms with Crippen LogP contribution in [-0.4, -0.2) is 20.8 Å². The van der Waals surface area contributed by atoms with Crippen molar-refractivity contribution in [3.8, 4) is 0 Å². The van der Waals surface area contributed by atoms with Crippen molar-refractivity contribution in [2.24, 2.45) is 0 Å². The molecular weight excluding hydrogens is 278 g/mol. The molecule has 6 nitrogen and oxygen atoms in total. The fraction of sp³-hybridized carbons (Fsp3) is 0.438. The first-order valence-corrected chi connectivity index (χ1v) is 7.68. The predicted molar refractivity (Wildman–Crippen MR) is 86.7 cm³/mol. The SMILES string of the molecule is CCCn1ncnc1C(C)NC(=O)Nc1ccccc1CC. The molecule has 1 unspecified atom stereocenters. The third kappa shape index (κ3) is 3.84. The monoisotopic (exact) mass is 301 g/mol. The lowest BCUT2D eigenvalue weighted by atomic mass is 10.1. The molecule has 0 fully saturated rings. The molecule has 0 spiro atoms. The predicted octanol–water partition coefficient (Wildman–Crippen LogP) is 3.13.